The third-order valence-corrected chi connectivity index (χ3v) is 13.4. The van der Waals surface area contributed by atoms with Gasteiger partial charge in [-0.15, -0.1) is 0 Å². The number of nitrogens with two attached hydrogens (primary N) is 1. The van der Waals surface area contributed by atoms with Crippen molar-refractivity contribution in [2.45, 2.75) is 148 Å². The number of carbonyl (C=O) groups is 1. The van der Waals surface area contributed by atoms with Crippen LogP contribution >= 0.6 is 0 Å². The largest absolute Gasteiger partial charge is 0.370 e. The molecule has 5 fully saturated rings. The molecule has 0 spiro atoms. The Kier molecular flexibility index (Phi) is 11.3. The van der Waals surface area contributed by atoms with Crippen molar-refractivity contribution >= 4 is 5.91 Å². The maximum atomic E-state index is 11.3. The molecule has 6 N–H and O–H groups in total. The van der Waals surface area contributed by atoms with E-state index in [9.17, 15) is 25.2 Å². The first-order valence-electron chi connectivity index (χ1n) is 18.0. The third-order valence-electron chi connectivity index (χ3n) is 13.4. The number of benzene rings is 1. The van der Waals surface area contributed by atoms with E-state index in [2.05, 4.69) is 32.9 Å². The van der Waals surface area contributed by atoms with Crippen LogP contribution < -0.4 is 5.73 Å². The topological polar surface area (TPSA) is 124 Å². The molecule has 1 aromatic rings. The summed E-state index contributed by atoms with van der Waals surface area (Å²) in [5.41, 5.74) is 7.43. The van der Waals surface area contributed by atoms with E-state index in [-0.39, 0.29) is 11.3 Å². The van der Waals surface area contributed by atoms with Crippen molar-refractivity contribution in [1.82, 2.24) is 0 Å². The summed E-state index contributed by atoms with van der Waals surface area (Å²) in [7, 11) is 0. The minimum Gasteiger partial charge on any atom is -0.370 e. The highest BCUT2D eigenvalue weighted by Gasteiger charge is 2.61. The molecule has 0 heterocycles. The first-order valence-corrected chi connectivity index (χ1v) is 18.0. The highest BCUT2D eigenvalue weighted by molar-refractivity contribution is 5.73. The van der Waals surface area contributed by atoms with Crippen molar-refractivity contribution in [2.24, 2.45) is 52.1 Å². The summed E-state index contributed by atoms with van der Waals surface area (Å²) in [4.78, 5) is 11.3. The Morgan fingerprint density at radius 2 is 1.43 bits per heavy atom. The second-order valence-electron chi connectivity index (χ2n) is 15.7. The lowest BCUT2D eigenvalue weighted by molar-refractivity contribution is -0.233. The molecule has 8 atom stereocenters. The molecule has 8 unspecified atom stereocenters. The van der Waals surface area contributed by atoms with Gasteiger partial charge in [-0.1, -0.05) is 65.0 Å². The lowest BCUT2D eigenvalue weighted by atomic mass is 9.44. The molecule has 1 aromatic carbocycles. The van der Waals surface area contributed by atoms with Gasteiger partial charge in [-0.25, -0.2) is 0 Å². The zero-order valence-corrected chi connectivity index (χ0v) is 28.3. The fraction of sp³-hybridized carbons (Fsp3) is 0.816. The first-order chi connectivity index (χ1) is 20.7. The van der Waals surface area contributed by atoms with E-state index in [1.165, 1.54) is 37.7 Å². The van der Waals surface area contributed by atoms with Gasteiger partial charge in [-0.05, 0) is 122 Å². The molecule has 6 nitrogen and oxygen atoms in total. The SMILES string of the molecule is CC.CC(CCC(N)=O)C1CCC2C3CCC4CC(O)(O)CCC4(C)C3CCC12C.OC1(O)CCC(c2ccccc2)CC1. The Bertz CT molecular complexity index is 1060. The van der Waals surface area contributed by atoms with Crippen LogP contribution in [0.5, 0.6) is 0 Å². The molecule has 6 heteroatoms. The van der Waals surface area contributed by atoms with Crippen LogP contribution in [0.15, 0.2) is 30.3 Å². The van der Waals surface area contributed by atoms with Gasteiger partial charge in [0.2, 0.25) is 5.91 Å². The predicted molar refractivity (Wildman–Crippen MR) is 176 cm³/mol. The van der Waals surface area contributed by atoms with Crippen LogP contribution in [0, 0.1) is 46.3 Å². The molecule has 1 amide bonds. The van der Waals surface area contributed by atoms with Gasteiger partial charge in [0.1, 0.15) is 0 Å². The van der Waals surface area contributed by atoms with Crippen molar-refractivity contribution in [3.63, 3.8) is 0 Å². The number of hydrogen-bond acceptors (Lipinski definition) is 5. The molecule has 0 aliphatic heterocycles. The van der Waals surface area contributed by atoms with E-state index in [0.29, 0.717) is 55.3 Å². The highest BCUT2D eigenvalue weighted by Crippen LogP contribution is 2.68. The molecular formula is C38H63NO5. The molecular weight excluding hydrogens is 550 g/mol. The number of fused-ring (bicyclic) bond motifs is 5. The highest BCUT2D eigenvalue weighted by atomic mass is 16.5. The standard InChI is InChI=1S/C24H41NO3.C12H16O2.C2H6/c1-15(4-9-21(25)26)18-7-8-19-17-6-5-16-14-24(27,28)13-12-22(16,2)20(17)10-11-23(18,19)3;13-12(14)8-6-11(7-9-12)10-4-2-1-3-5-10;1-2/h15-20,27-28H,4-14H2,1-3H3,(H2,25,26);1-5,11,13-14H,6-9H2;1-2H3. The molecule has 5 aliphatic carbocycles. The van der Waals surface area contributed by atoms with Gasteiger partial charge < -0.3 is 26.2 Å². The first kappa shape index (κ1) is 35.4. The summed E-state index contributed by atoms with van der Waals surface area (Å²) in [6.07, 6.45) is 13.9. The van der Waals surface area contributed by atoms with Gasteiger partial charge in [0.25, 0.3) is 0 Å². The van der Waals surface area contributed by atoms with Gasteiger partial charge in [0.05, 0.1) is 0 Å². The number of primary amides is 1. The fourth-order valence-corrected chi connectivity index (χ4v) is 10.9. The number of amides is 1. The average Bonchev–Trinajstić information content (AvgIpc) is 3.35. The maximum absolute atomic E-state index is 11.3. The molecule has 0 saturated heterocycles. The van der Waals surface area contributed by atoms with E-state index >= 15 is 0 Å². The molecule has 44 heavy (non-hydrogen) atoms. The van der Waals surface area contributed by atoms with E-state index < -0.39 is 11.6 Å². The summed E-state index contributed by atoms with van der Waals surface area (Å²) in [5.74, 6) is 1.61. The van der Waals surface area contributed by atoms with Gasteiger partial charge in [0.15, 0.2) is 11.6 Å². The average molecular weight is 614 g/mol. The minimum absolute atomic E-state index is 0.164. The van der Waals surface area contributed by atoms with Crippen molar-refractivity contribution < 1.29 is 25.2 Å². The van der Waals surface area contributed by atoms with Crippen molar-refractivity contribution in [1.29, 1.82) is 0 Å². The zero-order valence-electron chi connectivity index (χ0n) is 28.3. The molecule has 0 radical (unpaired) electrons. The van der Waals surface area contributed by atoms with Gasteiger partial charge in [-0.3, -0.25) is 4.79 Å². The Labute approximate surface area is 267 Å². The molecule has 5 aliphatic rings. The molecule has 6 rings (SSSR count). The van der Waals surface area contributed by atoms with Crippen LogP contribution in [0.4, 0.5) is 0 Å². The number of rotatable bonds is 5. The van der Waals surface area contributed by atoms with Gasteiger partial charge in [0, 0.05) is 32.1 Å². The van der Waals surface area contributed by atoms with Crippen molar-refractivity contribution in [3.8, 4) is 0 Å². The smallest absolute Gasteiger partial charge is 0.217 e. The molecule has 0 aromatic heterocycles. The van der Waals surface area contributed by atoms with Crippen LogP contribution in [-0.2, 0) is 4.79 Å². The fourth-order valence-electron chi connectivity index (χ4n) is 10.9. The van der Waals surface area contributed by atoms with Crippen molar-refractivity contribution in [2.75, 3.05) is 0 Å². The number of aliphatic hydroxyl groups is 4. The number of hydrogen-bond donors (Lipinski definition) is 5. The quantitative estimate of drug-likeness (QED) is 0.223. The summed E-state index contributed by atoms with van der Waals surface area (Å²) in [6.45, 7) is 11.4. The van der Waals surface area contributed by atoms with Crippen LogP contribution in [0.3, 0.4) is 0 Å². The summed E-state index contributed by atoms with van der Waals surface area (Å²) < 4.78 is 0. The van der Waals surface area contributed by atoms with E-state index in [4.69, 9.17) is 5.73 Å². The summed E-state index contributed by atoms with van der Waals surface area (Å²) >= 11 is 0. The van der Waals surface area contributed by atoms with E-state index in [1.807, 2.05) is 32.0 Å². The summed E-state index contributed by atoms with van der Waals surface area (Å²) in [5, 5.41) is 39.2. The van der Waals surface area contributed by atoms with Crippen molar-refractivity contribution in [3.05, 3.63) is 35.9 Å². The second kappa shape index (κ2) is 14.1. The monoisotopic (exact) mass is 613 g/mol. The minimum atomic E-state index is -1.44. The van der Waals surface area contributed by atoms with Gasteiger partial charge in [-0.2, -0.15) is 0 Å². The number of carbonyl (C=O) groups excluding carboxylic acids is 1. The zero-order chi connectivity index (χ0) is 32.3. The summed E-state index contributed by atoms with van der Waals surface area (Å²) in [6, 6.07) is 10.3. The lowest BCUT2D eigenvalue weighted by Gasteiger charge is -2.61. The predicted octanol–water partition coefficient (Wildman–Crippen LogP) is 7.28. The molecule has 0 bridgehead atoms. The van der Waals surface area contributed by atoms with Crippen LogP contribution in [-0.4, -0.2) is 37.9 Å². The third kappa shape index (κ3) is 7.56. The Morgan fingerprint density at radius 3 is 2.07 bits per heavy atom. The van der Waals surface area contributed by atoms with Gasteiger partial charge >= 0.3 is 0 Å². The van der Waals surface area contributed by atoms with E-state index in [1.54, 1.807) is 0 Å². The normalized spacial score (nSPS) is 37.9. The Morgan fingerprint density at radius 1 is 0.795 bits per heavy atom. The second-order valence-corrected chi connectivity index (χ2v) is 15.7. The van der Waals surface area contributed by atoms with Crippen LogP contribution in [0.25, 0.3) is 0 Å². The van der Waals surface area contributed by atoms with Crippen LogP contribution in [0.2, 0.25) is 0 Å². The Balaban J connectivity index is 0.000000231. The van der Waals surface area contributed by atoms with Crippen LogP contribution in [0.1, 0.15) is 142 Å². The van der Waals surface area contributed by atoms with E-state index in [0.717, 1.165) is 55.8 Å². The molecule has 250 valence electrons. The molecule has 5 saturated carbocycles. The maximum Gasteiger partial charge on any atom is 0.217 e. The lowest BCUT2D eigenvalue weighted by Crippen LogP contribution is -2.56. The Hall–Kier alpha value is -1.47.